The molecule has 0 aliphatic rings. The molecule has 2 rings (SSSR count). The molecule has 0 fully saturated rings. The summed E-state index contributed by atoms with van der Waals surface area (Å²) < 4.78 is 6.88. The largest absolute Gasteiger partial charge is 0.466 e. The number of ether oxygens (including phenoxy) is 1. The molecule has 0 spiro atoms. The molecule has 0 saturated carbocycles. The van der Waals surface area contributed by atoms with E-state index in [2.05, 4.69) is 4.98 Å². The van der Waals surface area contributed by atoms with Crippen molar-refractivity contribution in [3.8, 4) is 11.3 Å². The Kier molecular flexibility index (Phi) is 4.34. The van der Waals surface area contributed by atoms with Gasteiger partial charge in [0, 0.05) is 25.2 Å². The number of hydrogen-bond donors (Lipinski definition) is 0. The summed E-state index contributed by atoms with van der Waals surface area (Å²) in [5.74, 6) is 0.721. The second kappa shape index (κ2) is 6.18. The molecule has 0 amide bonds. The molecule has 0 bridgehead atoms. The number of esters is 1. The summed E-state index contributed by atoms with van der Waals surface area (Å²) in [6.07, 6.45) is 2.95. The van der Waals surface area contributed by atoms with Crippen molar-refractivity contribution in [3.05, 3.63) is 42.4 Å². The van der Waals surface area contributed by atoms with Crippen LogP contribution in [0.2, 0.25) is 0 Å². The van der Waals surface area contributed by atoms with Crippen molar-refractivity contribution >= 4 is 5.97 Å². The van der Waals surface area contributed by atoms with Gasteiger partial charge in [-0.2, -0.15) is 0 Å². The summed E-state index contributed by atoms with van der Waals surface area (Å²) in [6, 6.07) is 10.0. The minimum absolute atomic E-state index is 0.174. The van der Waals surface area contributed by atoms with Gasteiger partial charge in [0.1, 0.15) is 5.82 Å². The van der Waals surface area contributed by atoms with Gasteiger partial charge >= 0.3 is 5.97 Å². The molecular formula is C15H18N2O2. The van der Waals surface area contributed by atoms with Crippen LogP contribution in [0.3, 0.4) is 0 Å². The number of aryl methyl sites for hydroxylation is 2. The zero-order chi connectivity index (χ0) is 13.7. The zero-order valence-electron chi connectivity index (χ0n) is 11.3. The Morgan fingerprint density at radius 1 is 1.32 bits per heavy atom. The van der Waals surface area contributed by atoms with E-state index in [4.69, 9.17) is 4.74 Å². The van der Waals surface area contributed by atoms with E-state index in [0.29, 0.717) is 19.4 Å². The van der Waals surface area contributed by atoms with E-state index >= 15 is 0 Å². The highest BCUT2D eigenvalue weighted by molar-refractivity contribution is 5.69. The number of carbonyl (C=O) groups excluding carboxylic acids is 1. The molecule has 0 atom stereocenters. The molecule has 0 unspecified atom stereocenters. The van der Waals surface area contributed by atoms with Crippen molar-refractivity contribution in [1.29, 1.82) is 0 Å². The fraction of sp³-hybridized carbons (Fsp3) is 0.333. The molecule has 19 heavy (non-hydrogen) atoms. The molecule has 0 N–H and O–H groups in total. The van der Waals surface area contributed by atoms with Gasteiger partial charge < -0.3 is 9.30 Å². The van der Waals surface area contributed by atoms with Crippen molar-refractivity contribution in [2.24, 2.45) is 7.05 Å². The Morgan fingerprint density at radius 3 is 2.74 bits per heavy atom. The SMILES string of the molecule is CCOC(=O)CCc1nc(-c2ccccc2)cn1C. The van der Waals surface area contributed by atoms with Crippen LogP contribution in [0.5, 0.6) is 0 Å². The Hall–Kier alpha value is -2.10. The van der Waals surface area contributed by atoms with Crippen LogP contribution in [0.15, 0.2) is 36.5 Å². The van der Waals surface area contributed by atoms with Crippen molar-refractivity contribution in [1.82, 2.24) is 9.55 Å². The summed E-state index contributed by atoms with van der Waals surface area (Å²) in [4.78, 5) is 15.9. The minimum Gasteiger partial charge on any atom is -0.466 e. The van der Waals surface area contributed by atoms with E-state index in [9.17, 15) is 4.79 Å². The second-order valence-corrected chi connectivity index (χ2v) is 4.32. The van der Waals surface area contributed by atoms with Crippen LogP contribution < -0.4 is 0 Å². The highest BCUT2D eigenvalue weighted by atomic mass is 16.5. The number of benzene rings is 1. The normalized spacial score (nSPS) is 10.4. The Morgan fingerprint density at radius 2 is 2.05 bits per heavy atom. The van der Waals surface area contributed by atoms with Crippen molar-refractivity contribution in [2.75, 3.05) is 6.61 Å². The molecule has 0 aliphatic carbocycles. The number of imidazole rings is 1. The number of aromatic nitrogens is 2. The van der Waals surface area contributed by atoms with Gasteiger partial charge in [0.05, 0.1) is 18.7 Å². The quantitative estimate of drug-likeness (QED) is 0.774. The molecule has 1 heterocycles. The van der Waals surface area contributed by atoms with Gasteiger partial charge in [-0.3, -0.25) is 4.79 Å². The fourth-order valence-corrected chi connectivity index (χ4v) is 1.93. The lowest BCUT2D eigenvalue weighted by atomic mass is 10.2. The number of nitrogens with zero attached hydrogens (tertiary/aromatic N) is 2. The average Bonchev–Trinajstić information content (AvgIpc) is 2.79. The molecule has 0 aliphatic heterocycles. The van der Waals surface area contributed by atoms with Crippen LogP contribution >= 0.6 is 0 Å². The first-order valence-corrected chi connectivity index (χ1v) is 6.44. The van der Waals surface area contributed by atoms with Gasteiger partial charge in [0.15, 0.2) is 0 Å². The molecular weight excluding hydrogens is 240 g/mol. The van der Waals surface area contributed by atoms with Crippen LogP contribution in [0.4, 0.5) is 0 Å². The summed E-state index contributed by atoms with van der Waals surface area (Å²) in [5.41, 5.74) is 2.02. The van der Waals surface area contributed by atoms with E-state index in [1.807, 2.05) is 55.1 Å². The lowest BCUT2D eigenvalue weighted by Crippen LogP contribution is -2.07. The van der Waals surface area contributed by atoms with Crippen LogP contribution in [0.1, 0.15) is 19.2 Å². The van der Waals surface area contributed by atoms with Crippen LogP contribution in [-0.2, 0) is 23.0 Å². The molecule has 0 radical (unpaired) electrons. The highest BCUT2D eigenvalue weighted by Crippen LogP contribution is 2.18. The third-order valence-electron chi connectivity index (χ3n) is 2.90. The minimum atomic E-state index is -0.174. The van der Waals surface area contributed by atoms with Gasteiger partial charge in [-0.1, -0.05) is 30.3 Å². The summed E-state index contributed by atoms with van der Waals surface area (Å²) in [5, 5.41) is 0. The molecule has 2 aromatic rings. The standard InChI is InChI=1S/C15H18N2O2/c1-3-19-15(18)10-9-14-16-13(11-17(14)2)12-7-5-4-6-8-12/h4-8,11H,3,9-10H2,1-2H3. The first-order chi connectivity index (χ1) is 9.20. The van der Waals surface area contributed by atoms with E-state index in [-0.39, 0.29) is 5.97 Å². The van der Waals surface area contributed by atoms with E-state index < -0.39 is 0 Å². The maximum atomic E-state index is 11.3. The van der Waals surface area contributed by atoms with E-state index in [1.54, 1.807) is 0 Å². The van der Waals surface area contributed by atoms with Crippen LogP contribution in [0.25, 0.3) is 11.3 Å². The summed E-state index contributed by atoms with van der Waals surface area (Å²) >= 11 is 0. The Labute approximate surface area is 113 Å². The van der Waals surface area contributed by atoms with Crippen molar-refractivity contribution < 1.29 is 9.53 Å². The topological polar surface area (TPSA) is 44.1 Å². The maximum absolute atomic E-state index is 11.3. The molecule has 1 aromatic carbocycles. The van der Waals surface area contributed by atoms with Crippen molar-refractivity contribution in [2.45, 2.75) is 19.8 Å². The second-order valence-electron chi connectivity index (χ2n) is 4.32. The Balaban J connectivity index is 2.07. The van der Waals surface area contributed by atoms with Gasteiger partial charge in [-0.25, -0.2) is 4.98 Å². The maximum Gasteiger partial charge on any atom is 0.306 e. The molecule has 4 nitrogen and oxygen atoms in total. The fourth-order valence-electron chi connectivity index (χ4n) is 1.93. The molecule has 1 aromatic heterocycles. The Bertz CT molecular complexity index is 547. The van der Waals surface area contributed by atoms with Gasteiger partial charge in [-0.15, -0.1) is 0 Å². The van der Waals surface area contributed by atoms with Gasteiger partial charge in [0.25, 0.3) is 0 Å². The lowest BCUT2D eigenvalue weighted by molar-refractivity contribution is -0.143. The first-order valence-electron chi connectivity index (χ1n) is 6.44. The third-order valence-corrected chi connectivity index (χ3v) is 2.90. The molecule has 4 heteroatoms. The van der Waals surface area contributed by atoms with Crippen LogP contribution in [0, 0.1) is 0 Å². The van der Waals surface area contributed by atoms with Gasteiger partial charge in [0.2, 0.25) is 0 Å². The predicted octanol–water partition coefficient (Wildman–Crippen LogP) is 2.58. The average molecular weight is 258 g/mol. The summed E-state index contributed by atoms with van der Waals surface area (Å²) in [7, 11) is 1.94. The number of carbonyl (C=O) groups is 1. The third kappa shape index (κ3) is 3.44. The monoisotopic (exact) mass is 258 g/mol. The highest BCUT2D eigenvalue weighted by Gasteiger charge is 2.09. The number of hydrogen-bond acceptors (Lipinski definition) is 3. The number of rotatable bonds is 5. The molecule has 0 saturated heterocycles. The summed E-state index contributed by atoms with van der Waals surface area (Å²) in [6.45, 7) is 2.24. The van der Waals surface area contributed by atoms with E-state index in [0.717, 1.165) is 17.1 Å². The van der Waals surface area contributed by atoms with Crippen molar-refractivity contribution in [3.63, 3.8) is 0 Å². The predicted molar refractivity (Wildman–Crippen MR) is 73.6 cm³/mol. The van der Waals surface area contributed by atoms with E-state index in [1.165, 1.54) is 0 Å². The van der Waals surface area contributed by atoms with Crippen LogP contribution in [-0.4, -0.2) is 22.1 Å². The first kappa shape index (κ1) is 13.3. The van der Waals surface area contributed by atoms with Gasteiger partial charge in [-0.05, 0) is 6.92 Å². The smallest absolute Gasteiger partial charge is 0.306 e. The molecule has 100 valence electrons. The zero-order valence-corrected chi connectivity index (χ0v) is 11.3. The lowest BCUT2D eigenvalue weighted by Gasteiger charge is -2.01.